The number of carboxylic acids is 1. The summed E-state index contributed by atoms with van der Waals surface area (Å²) in [6.07, 6.45) is 2.76. The van der Waals surface area contributed by atoms with Gasteiger partial charge in [0, 0.05) is 18.7 Å². The summed E-state index contributed by atoms with van der Waals surface area (Å²) in [4.78, 5) is 24.7. The maximum absolute atomic E-state index is 13.1. The molecule has 0 bridgehead atoms. The van der Waals surface area contributed by atoms with Gasteiger partial charge in [-0.15, -0.1) is 0 Å². The SMILES string of the molecule is O=C(O)CCC1CCCN(CC(=O)Nc2ccc(F)c(Cl)c2)C1. The highest BCUT2D eigenvalue weighted by Crippen LogP contribution is 2.22. The Morgan fingerprint density at radius 2 is 2.22 bits per heavy atom. The minimum atomic E-state index is -0.784. The van der Waals surface area contributed by atoms with Crippen LogP contribution < -0.4 is 5.32 Å². The molecule has 2 rings (SSSR count). The first-order valence-corrected chi connectivity index (χ1v) is 8.01. The van der Waals surface area contributed by atoms with Crippen molar-refractivity contribution in [3.05, 3.63) is 29.0 Å². The average Bonchev–Trinajstić information content (AvgIpc) is 2.49. The highest BCUT2D eigenvalue weighted by atomic mass is 35.5. The van der Waals surface area contributed by atoms with Crippen molar-refractivity contribution in [3.63, 3.8) is 0 Å². The van der Waals surface area contributed by atoms with Gasteiger partial charge >= 0.3 is 5.97 Å². The van der Waals surface area contributed by atoms with Gasteiger partial charge in [0.25, 0.3) is 0 Å². The number of carboxylic acid groups (broad SMARTS) is 1. The summed E-state index contributed by atoms with van der Waals surface area (Å²) in [5, 5.41) is 11.4. The third kappa shape index (κ3) is 5.80. The molecule has 1 fully saturated rings. The number of carbonyl (C=O) groups is 2. The predicted octanol–water partition coefficient (Wildman–Crippen LogP) is 2.99. The molecule has 0 saturated carbocycles. The van der Waals surface area contributed by atoms with Gasteiger partial charge < -0.3 is 10.4 Å². The van der Waals surface area contributed by atoms with E-state index >= 15 is 0 Å². The lowest BCUT2D eigenvalue weighted by Gasteiger charge is -2.32. The zero-order chi connectivity index (χ0) is 16.8. The number of rotatable bonds is 6. The van der Waals surface area contributed by atoms with Crippen LogP contribution in [0, 0.1) is 11.7 Å². The minimum Gasteiger partial charge on any atom is -0.481 e. The van der Waals surface area contributed by atoms with Crippen LogP contribution >= 0.6 is 11.6 Å². The van der Waals surface area contributed by atoms with Crippen LogP contribution in [0.1, 0.15) is 25.7 Å². The molecule has 0 aromatic heterocycles. The van der Waals surface area contributed by atoms with Crippen molar-refractivity contribution in [1.82, 2.24) is 4.90 Å². The molecule has 0 radical (unpaired) electrons. The van der Waals surface area contributed by atoms with E-state index in [2.05, 4.69) is 5.32 Å². The number of aliphatic carboxylic acids is 1. The Balaban J connectivity index is 1.82. The molecule has 0 aliphatic carbocycles. The number of hydrogen-bond acceptors (Lipinski definition) is 3. The molecule has 1 heterocycles. The van der Waals surface area contributed by atoms with E-state index in [0.29, 0.717) is 18.0 Å². The largest absolute Gasteiger partial charge is 0.481 e. The van der Waals surface area contributed by atoms with Crippen LogP contribution in [0.4, 0.5) is 10.1 Å². The lowest BCUT2D eigenvalue weighted by Crippen LogP contribution is -2.40. The molecule has 1 aromatic carbocycles. The Morgan fingerprint density at radius 3 is 2.91 bits per heavy atom. The fraction of sp³-hybridized carbons (Fsp3) is 0.500. The summed E-state index contributed by atoms with van der Waals surface area (Å²) in [6.45, 7) is 1.78. The van der Waals surface area contributed by atoms with Gasteiger partial charge in [-0.2, -0.15) is 0 Å². The smallest absolute Gasteiger partial charge is 0.303 e. The molecule has 1 amide bonds. The van der Waals surface area contributed by atoms with Crippen LogP contribution in [-0.2, 0) is 9.59 Å². The number of likely N-dealkylation sites (tertiary alicyclic amines) is 1. The molecule has 1 aliphatic heterocycles. The zero-order valence-corrected chi connectivity index (χ0v) is 13.5. The monoisotopic (exact) mass is 342 g/mol. The molecule has 23 heavy (non-hydrogen) atoms. The number of carbonyl (C=O) groups excluding carboxylic acids is 1. The lowest BCUT2D eigenvalue weighted by atomic mass is 9.93. The van der Waals surface area contributed by atoms with Crippen molar-refractivity contribution >= 4 is 29.2 Å². The van der Waals surface area contributed by atoms with Gasteiger partial charge in [-0.25, -0.2) is 4.39 Å². The van der Waals surface area contributed by atoms with E-state index < -0.39 is 11.8 Å². The molecule has 1 atom stereocenters. The lowest BCUT2D eigenvalue weighted by molar-refractivity contribution is -0.137. The van der Waals surface area contributed by atoms with Crippen molar-refractivity contribution < 1.29 is 19.1 Å². The summed E-state index contributed by atoms with van der Waals surface area (Å²) in [5.74, 6) is -1.19. The Labute approximate surface area is 139 Å². The highest BCUT2D eigenvalue weighted by Gasteiger charge is 2.22. The molecule has 126 valence electrons. The van der Waals surface area contributed by atoms with Crippen LogP contribution in [0.15, 0.2) is 18.2 Å². The Bertz CT molecular complexity index is 582. The maximum Gasteiger partial charge on any atom is 0.303 e. The second-order valence-electron chi connectivity index (χ2n) is 5.85. The topological polar surface area (TPSA) is 69.6 Å². The van der Waals surface area contributed by atoms with Crippen molar-refractivity contribution in [2.45, 2.75) is 25.7 Å². The second-order valence-corrected chi connectivity index (χ2v) is 6.26. The summed E-state index contributed by atoms with van der Waals surface area (Å²) in [7, 11) is 0. The molecule has 5 nitrogen and oxygen atoms in total. The number of anilines is 1. The minimum absolute atomic E-state index is 0.0329. The molecular weight excluding hydrogens is 323 g/mol. The molecule has 2 N–H and O–H groups in total. The van der Waals surface area contributed by atoms with Crippen LogP contribution in [0.5, 0.6) is 0 Å². The van der Waals surface area contributed by atoms with E-state index in [4.69, 9.17) is 16.7 Å². The van der Waals surface area contributed by atoms with E-state index in [1.165, 1.54) is 18.2 Å². The van der Waals surface area contributed by atoms with E-state index in [0.717, 1.165) is 25.9 Å². The van der Waals surface area contributed by atoms with E-state index in [1.807, 2.05) is 4.90 Å². The van der Waals surface area contributed by atoms with Crippen LogP contribution in [0.3, 0.4) is 0 Å². The van der Waals surface area contributed by atoms with Gasteiger partial charge in [0.1, 0.15) is 5.82 Å². The van der Waals surface area contributed by atoms with Crippen molar-refractivity contribution in [1.29, 1.82) is 0 Å². The fourth-order valence-electron chi connectivity index (χ4n) is 2.84. The van der Waals surface area contributed by atoms with Gasteiger partial charge in [0.05, 0.1) is 11.6 Å². The third-order valence-corrected chi connectivity index (χ3v) is 4.23. The maximum atomic E-state index is 13.1. The van der Waals surface area contributed by atoms with Crippen LogP contribution in [-0.4, -0.2) is 41.5 Å². The van der Waals surface area contributed by atoms with E-state index in [9.17, 15) is 14.0 Å². The van der Waals surface area contributed by atoms with Gasteiger partial charge in [0.15, 0.2) is 0 Å². The number of nitrogens with one attached hydrogen (secondary N) is 1. The van der Waals surface area contributed by atoms with E-state index in [-0.39, 0.29) is 23.9 Å². The van der Waals surface area contributed by atoms with Crippen LogP contribution in [0.2, 0.25) is 5.02 Å². The quantitative estimate of drug-likeness (QED) is 0.833. The highest BCUT2D eigenvalue weighted by molar-refractivity contribution is 6.31. The van der Waals surface area contributed by atoms with Crippen molar-refractivity contribution in [3.8, 4) is 0 Å². The van der Waals surface area contributed by atoms with Gasteiger partial charge in [-0.05, 0) is 49.9 Å². The number of hydrogen-bond donors (Lipinski definition) is 2. The first-order chi connectivity index (χ1) is 10.9. The van der Waals surface area contributed by atoms with Crippen LogP contribution in [0.25, 0.3) is 0 Å². The number of halogens is 2. The summed E-state index contributed by atoms with van der Waals surface area (Å²) >= 11 is 5.68. The molecule has 1 aromatic rings. The number of benzene rings is 1. The van der Waals surface area contributed by atoms with Crippen molar-refractivity contribution in [2.75, 3.05) is 25.0 Å². The molecule has 0 spiro atoms. The fourth-order valence-corrected chi connectivity index (χ4v) is 3.02. The summed E-state index contributed by atoms with van der Waals surface area (Å²) in [6, 6.07) is 4.05. The molecule has 7 heteroatoms. The molecule has 1 saturated heterocycles. The Hall–Kier alpha value is -1.66. The predicted molar refractivity (Wildman–Crippen MR) is 86.1 cm³/mol. The Kier molecular flexibility index (Phi) is 6.36. The normalized spacial score (nSPS) is 18.6. The first-order valence-electron chi connectivity index (χ1n) is 7.63. The first kappa shape index (κ1) is 17.7. The standard InChI is InChI=1S/C16H20ClFN2O3/c17-13-8-12(4-5-14(13)18)19-15(21)10-20-7-1-2-11(9-20)3-6-16(22)23/h4-5,8,11H,1-3,6-7,9-10H2,(H,19,21)(H,22,23). The second kappa shape index (κ2) is 8.26. The summed E-state index contributed by atoms with van der Waals surface area (Å²) in [5.41, 5.74) is 0.459. The summed E-state index contributed by atoms with van der Waals surface area (Å²) < 4.78 is 13.1. The van der Waals surface area contributed by atoms with Gasteiger partial charge in [0.2, 0.25) is 5.91 Å². The number of piperidine rings is 1. The third-order valence-electron chi connectivity index (χ3n) is 3.94. The van der Waals surface area contributed by atoms with Gasteiger partial charge in [-0.1, -0.05) is 11.6 Å². The number of amides is 1. The van der Waals surface area contributed by atoms with Crippen molar-refractivity contribution in [2.24, 2.45) is 5.92 Å². The molecule has 1 unspecified atom stereocenters. The van der Waals surface area contributed by atoms with Gasteiger partial charge in [-0.3, -0.25) is 14.5 Å². The zero-order valence-electron chi connectivity index (χ0n) is 12.7. The number of nitrogens with zero attached hydrogens (tertiary/aromatic N) is 1. The Morgan fingerprint density at radius 1 is 1.43 bits per heavy atom. The average molecular weight is 343 g/mol. The molecular formula is C16H20ClFN2O3. The molecule has 1 aliphatic rings. The van der Waals surface area contributed by atoms with E-state index in [1.54, 1.807) is 0 Å².